The van der Waals surface area contributed by atoms with Crippen LogP contribution in [0.4, 0.5) is 0 Å². The zero-order chi connectivity index (χ0) is 12.3. The quantitative estimate of drug-likeness (QED) is 0.661. The van der Waals surface area contributed by atoms with E-state index in [2.05, 4.69) is 12.2 Å². The van der Waals surface area contributed by atoms with Gasteiger partial charge in [-0.3, -0.25) is 4.79 Å². The lowest BCUT2D eigenvalue weighted by Crippen LogP contribution is -2.41. The Hall–Kier alpha value is -0.570. The van der Waals surface area contributed by atoms with E-state index in [9.17, 15) is 4.79 Å². The van der Waals surface area contributed by atoms with E-state index < -0.39 is 0 Å². The van der Waals surface area contributed by atoms with Crippen molar-refractivity contribution in [3.8, 4) is 0 Å². The summed E-state index contributed by atoms with van der Waals surface area (Å²) >= 11 is 0. The minimum Gasteiger partial charge on any atom is -0.465 e. The molecule has 0 spiro atoms. The number of carbonyl (C=O) groups is 1. The lowest BCUT2D eigenvalue weighted by Gasteiger charge is -2.21. The highest BCUT2D eigenvalue weighted by Gasteiger charge is 2.53. The van der Waals surface area contributed by atoms with Crippen molar-refractivity contribution in [2.24, 2.45) is 11.3 Å². The first-order valence-corrected chi connectivity index (χ1v) is 7.12. The second-order valence-corrected chi connectivity index (χ2v) is 5.61. The maximum Gasteiger partial charge on any atom is 0.323 e. The monoisotopic (exact) mass is 239 g/mol. The molecule has 2 saturated carbocycles. The Bertz CT molecular complexity index is 269. The Morgan fingerprint density at radius 3 is 2.59 bits per heavy atom. The number of carbonyl (C=O) groups excluding carboxylic acids is 1. The number of nitrogens with one attached hydrogen (secondary N) is 1. The number of ether oxygens (including phenoxy) is 1. The van der Waals surface area contributed by atoms with Crippen molar-refractivity contribution in [2.45, 2.75) is 58.4 Å². The Morgan fingerprint density at radius 1 is 1.41 bits per heavy atom. The molecule has 0 heterocycles. The van der Waals surface area contributed by atoms with Crippen molar-refractivity contribution in [1.82, 2.24) is 5.32 Å². The van der Waals surface area contributed by atoms with E-state index >= 15 is 0 Å². The van der Waals surface area contributed by atoms with Crippen LogP contribution in [0.2, 0.25) is 0 Å². The molecule has 2 fully saturated rings. The summed E-state index contributed by atoms with van der Waals surface area (Å²) in [6, 6.07) is -0.0869. The molecule has 0 aromatic carbocycles. The fraction of sp³-hybridized carbons (Fsp3) is 0.929. The third-order valence-corrected chi connectivity index (χ3v) is 4.18. The molecule has 3 nitrogen and oxygen atoms in total. The van der Waals surface area contributed by atoms with Crippen LogP contribution in [0, 0.1) is 11.3 Å². The van der Waals surface area contributed by atoms with Gasteiger partial charge in [-0.25, -0.2) is 0 Å². The first-order chi connectivity index (χ1) is 8.22. The standard InChI is InChI=1S/C14H25NO2/c1-3-5-12(13(16)17-4-2)15-10-14(8-9-14)11-6-7-11/h11-12,15H,3-10H2,1-2H3. The Kier molecular flexibility index (Phi) is 4.08. The number of hydrogen-bond donors (Lipinski definition) is 1. The molecule has 1 atom stereocenters. The molecule has 0 aromatic rings. The van der Waals surface area contributed by atoms with E-state index in [1.807, 2.05) is 6.92 Å². The second kappa shape index (κ2) is 5.38. The number of esters is 1. The van der Waals surface area contributed by atoms with E-state index in [0.717, 1.165) is 25.3 Å². The molecule has 0 aromatic heterocycles. The van der Waals surface area contributed by atoms with Gasteiger partial charge >= 0.3 is 5.97 Å². The van der Waals surface area contributed by atoms with Gasteiger partial charge in [-0.2, -0.15) is 0 Å². The van der Waals surface area contributed by atoms with Crippen LogP contribution in [0.1, 0.15) is 52.4 Å². The molecule has 0 bridgehead atoms. The van der Waals surface area contributed by atoms with Gasteiger partial charge in [-0.05, 0) is 50.4 Å². The van der Waals surface area contributed by atoms with Crippen LogP contribution >= 0.6 is 0 Å². The zero-order valence-corrected chi connectivity index (χ0v) is 11.1. The number of hydrogen-bond acceptors (Lipinski definition) is 3. The zero-order valence-electron chi connectivity index (χ0n) is 11.1. The van der Waals surface area contributed by atoms with Crippen molar-refractivity contribution < 1.29 is 9.53 Å². The predicted molar refractivity (Wildman–Crippen MR) is 67.7 cm³/mol. The SMILES string of the molecule is CCCC(NCC1(C2CC2)CC1)C(=O)OCC. The molecule has 1 N–H and O–H groups in total. The van der Waals surface area contributed by atoms with Crippen molar-refractivity contribution in [3.05, 3.63) is 0 Å². The molecule has 0 radical (unpaired) electrons. The molecule has 0 saturated heterocycles. The molecular weight excluding hydrogens is 214 g/mol. The smallest absolute Gasteiger partial charge is 0.323 e. The van der Waals surface area contributed by atoms with Gasteiger partial charge in [0, 0.05) is 6.54 Å². The summed E-state index contributed by atoms with van der Waals surface area (Å²) < 4.78 is 5.12. The van der Waals surface area contributed by atoms with Crippen molar-refractivity contribution in [3.63, 3.8) is 0 Å². The summed E-state index contributed by atoms with van der Waals surface area (Å²) in [6.07, 6.45) is 7.42. The molecular formula is C14H25NO2. The van der Waals surface area contributed by atoms with Gasteiger partial charge in [0.25, 0.3) is 0 Å². The van der Waals surface area contributed by atoms with Crippen LogP contribution in [0.5, 0.6) is 0 Å². The Balaban J connectivity index is 1.78. The van der Waals surface area contributed by atoms with Crippen molar-refractivity contribution in [2.75, 3.05) is 13.2 Å². The van der Waals surface area contributed by atoms with Crippen LogP contribution in [-0.2, 0) is 9.53 Å². The topological polar surface area (TPSA) is 38.3 Å². The highest BCUT2D eigenvalue weighted by Crippen LogP contribution is 2.60. The lowest BCUT2D eigenvalue weighted by molar-refractivity contribution is -0.145. The fourth-order valence-electron chi connectivity index (χ4n) is 2.75. The molecule has 2 aliphatic rings. The molecule has 2 rings (SSSR count). The first kappa shape index (κ1) is 12.9. The third-order valence-electron chi connectivity index (χ3n) is 4.18. The predicted octanol–water partition coefficient (Wildman–Crippen LogP) is 2.50. The maximum absolute atomic E-state index is 11.8. The van der Waals surface area contributed by atoms with Crippen molar-refractivity contribution in [1.29, 1.82) is 0 Å². The fourth-order valence-corrected chi connectivity index (χ4v) is 2.75. The van der Waals surface area contributed by atoms with Gasteiger partial charge < -0.3 is 10.1 Å². The molecule has 3 heteroatoms. The van der Waals surface area contributed by atoms with Gasteiger partial charge in [0.15, 0.2) is 0 Å². The Morgan fingerprint density at radius 2 is 2.12 bits per heavy atom. The molecule has 17 heavy (non-hydrogen) atoms. The molecule has 0 amide bonds. The van der Waals surface area contributed by atoms with Crippen LogP contribution in [0.15, 0.2) is 0 Å². The van der Waals surface area contributed by atoms with Gasteiger partial charge in [-0.1, -0.05) is 13.3 Å². The maximum atomic E-state index is 11.8. The Labute approximate surface area is 104 Å². The van der Waals surface area contributed by atoms with E-state index in [1.54, 1.807) is 0 Å². The van der Waals surface area contributed by atoms with Gasteiger partial charge in [0.05, 0.1) is 6.61 Å². The van der Waals surface area contributed by atoms with Gasteiger partial charge in [0.1, 0.15) is 6.04 Å². The molecule has 98 valence electrons. The summed E-state index contributed by atoms with van der Waals surface area (Å²) in [5.74, 6) is 0.875. The second-order valence-electron chi connectivity index (χ2n) is 5.61. The van der Waals surface area contributed by atoms with Gasteiger partial charge in [-0.15, -0.1) is 0 Å². The minimum atomic E-state index is -0.0869. The van der Waals surface area contributed by atoms with Gasteiger partial charge in [0.2, 0.25) is 0 Å². The van der Waals surface area contributed by atoms with Crippen LogP contribution in [0.3, 0.4) is 0 Å². The summed E-state index contributed by atoms with van der Waals surface area (Å²) in [7, 11) is 0. The summed E-state index contributed by atoms with van der Waals surface area (Å²) in [5, 5.41) is 3.45. The average Bonchev–Trinajstić information content (AvgIpc) is 3.16. The summed E-state index contributed by atoms with van der Waals surface area (Å²) in [6.45, 7) is 5.48. The normalized spacial score (nSPS) is 23.2. The molecule has 2 aliphatic carbocycles. The lowest BCUT2D eigenvalue weighted by atomic mass is 10.00. The van der Waals surface area contributed by atoms with Crippen LogP contribution < -0.4 is 5.32 Å². The van der Waals surface area contributed by atoms with E-state index in [-0.39, 0.29) is 12.0 Å². The third kappa shape index (κ3) is 3.21. The largest absolute Gasteiger partial charge is 0.465 e. The number of rotatable bonds is 8. The van der Waals surface area contributed by atoms with Crippen LogP contribution in [0.25, 0.3) is 0 Å². The minimum absolute atomic E-state index is 0.0686. The summed E-state index contributed by atoms with van der Waals surface area (Å²) in [5.41, 5.74) is 0.554. The van der Waals surface area contributed by atoms with E-state index in [0.29, 0.717) is 12.0 Å². The van der Waals surface area contributed by atoms with E-state index in [4.69, 9.17) is 4.74 Å². The highest BCUT2D eigenvalue weighted by atomic mass is 16.5. The van der Waals surface area contributed by atoms with Crippen molar-refractivity contribution >= 4 is 5.97 Å². The highest BCUT2D eigenvalue weighted by molar-refractivity contribution is 5.75. The van der Waals surface area contributed by atoms with E-state index in [1.165, 1.54) is 25.7 Å². The molecule has 1 unspecified atom stereocenters. The van der Waals surface area contributed by atoms with Crippen LogP contribution in [-0.4, -0.2) is 25.2 Å². The molecule has 0 aliphatic heterocycles. The first-order valence-electron chi connectivity index (χ1n) is 7.12. The summed E-state index contributed by atoms with van der Waals surface area (Å²) in [4.78, 5) is 11.8. The average molecular weight is 239 g/mol.